The molecule has 2 aromatic heterocycles. The van der Waals surface area contributed by atoms with Crippen LogP contribution in [-0.4, -0.2) is 21.0 Å². The first-order valence-corrected chi connectivity index (χ1v) is 8.27. The third-order valence-electron chi connectivity index (χ3n) is 4.57. The summed E-state index contributed by atoms with van der Waals surface area (Å²) in [6, 6.07) is 9.69. The van der Waals surface area contributed by atoms with Crippen LogP contribution >= 0.6 is 0 Å². The summed E-state index contributed by atoms with van der Waals surface area (Å²) in [6.45, 7) is 5.96. The van der Waals surface area contributed by atoms with Crippen molar-refractivity contribution >= 4 is 5.91 Å². The predicted octanol–water partition coefficient (Wildman–Crippen LogP) is 3.53. The highest BCUT2D eigenvalue weighted by Crippen LogP contribution is 2.34. The van der Waals surface area contributed by atoms with E-state index in [2.05, 4.69) is 16.3 Å². The summed E-state index contributed by atoms with van der Waals surface area (Å²) in [6.07, 6.45) is 0.641. The number of hydrogen-bond acceptors (Lipinski definition) is 5. The maximum atomic E-state index is 13.2. The van der Waals surface area contributed by atoms with E-state index in [-0.39, 0.29) is 11.9 Å². The standard InChI is InChI=1S/C19H19N3O3/c1-11-8-12(2)24-17(11)19(23)22-10-15-7-5-4-6-14(15)9-16(22)18-21-20-13(3)25-18/h4-8,16H,9-10H2,1-3H3/t16-/m1/s1. The lowest BCUT2D eigenvalue weighted by Gasteiger charge is -2.34. The number of aromatic nitrogens is 2. The Morgan fingerprint density at radius 3 is 2.52 bits per heavy atom. The summed E-state index contributed by atoms with van der Waals surface area (Å²) in [7, 11) is 0. The average molecular weight is 337 g/mol. The van der Waals surface area contributed by atoms with Crippen LogP contribution in [0.5, 0.6) is 0 Å². The van der Waals surface area contributed by atoms with E-state index in [9.17, 15) is 4.79 Å². The predicted molar refractivity (Wildman–Crippen MR) is 90.0 cm³/mol. The molecule has 0 fully saturated rings. The molecule has 128 valence electrons. The molecular weight excluding hydrogens is 318 g/mol. The van der Waals surface area contributed by atoms with Gasteiger partial charge in [-0.3, -0.25) is 4.79 Å². The van der Waals surface area contributed by atoms with E-state index in [4.69, 9.17) is 8.83 Å². The van der Waals surface area contributed by atoms with Gasteiger partial charge >= 0.3 is 0 Å². The van der Waals surface area contributed by atoms with Crippen molar-refractivity contribution in [3.63, 3.8) is 0 Å². The van der Waals surface area contributed by atoms with E-state index >= 15 is 0 Å². The SMILES string of the molecule is Cc1cc(C)c(C(=O)N2Cc3ccccc3C[C@@H]2c2nnc(C)o2)o1. The summed E-state index contributed by atoms with van der Waals surface area (Å²) in [4.78, 5) is 14.9. The summed E-state index contributed by atoms with van der Waals surface area (Å²) in [5.74, 6) is 1.90. The lowest BCUT2D eigenvalue weighted by Crippen LogP contribution is -2.39. The molecule has 1 aliphatic rings. The lowest BCUT2D eigenvalue weighted by molar-refractivity contribution is 0.0567. The number of amides is 1. The van der Waals surface area contributed by atoms with E-state index in [0.29, 0.717) is 30.5 Å². The van der Waals surface area contributed by atoms with Gasteiger partial charge < -0.3 is 13.7 Å². The molecule has 0 radical (unpaired) electrons. The van der Waals surface area contributed by atoms with Gasteiger partial charge in [0.05, 0.1) is 0 Å². The first-order valence-electron chi connectivity index (χ1n) is 8.27. The summed E-state index contributed by atoms with van der Waals surface area (Å²) >= 11 is 0. The Morgan fingerprint density at radius 2 is 1.88 bits per heavy atom. The van der Waals surface area contributed by atoms with Crippen LogP contribution in [-0.2, 0) is 13.0 Å². The van der Waals surface area contributed by atoms with Crippen LogP contribution in [0.3, 0.4) is 0 Å². The fraction of sp³-hybridized carbons (Fsp3) is 0.316. The number of carbonyl (C=O) groups excluding carboxylic acids is 1. The minimum absolute atomic E-state index is 0.152. The second kappa shape index (κ2) is 5.88. The molecule has 3 aromatic rings. The molecule has 0 unspecified atom stereocenters. The van der Waals surface area contributed by atoms with Crippen molar-refractivity contribution in [1.82, 2.24) is 15.1 Å². The van der Waals surface area contributed by atoms with Crippen molar-refractivity contribution in [2.24, 2.45) is 0 Å². The second-order valence-corrected chi connectivity index (χ2v) is 6.45. The Balaban J connectivity index is 1.77. The van der Waals surface area contributed by atoms with Crippen LogP contribution in [0.15, 0.2) is 39.2 Å². The monoisotopic (exact) mass is 337 g/mol. The Bertz CT molecular complexity index is 941. The first kappa shape index (κ1) is 15.6. The normalized spacial score (nSPS) is 16.8. The number of furan rings is 1. The number of hydrogen-bond donors (Lipinski definition) is 0. The van der Waals surface area contributed by atoms with Crippen LogP contribution in [0.1, 0.15) is 50.8 Å². The molecule has 25 heavy (non-hydrogen) atoms. The fourth-order valence-electron chi connectivity index (χ4n) is 3.39. The number of nitrogens with zero attached hydrogens (tertiary/aromatic N) is 3. The van der Waals surface area contributed by atoms with E-state index < -0.39 is 0 Å². The van der Waals surface area contributed by atoms with E-state index in [1.807, 2.05) is 38.1 Å². The summed E-state index contributed by atoms with van der Waals surface area (Å²) < 4.78 is 11.3. The minimum atomic E-state index is -0.298. The van der Waals surface area contributed by atoms with Gasteiger partial charge in [0.25, 0.3) is 5.91 Å². The van der Waals surface area contributed by atoms with Crippen molar-refractivity contribution in [2.75, 3.05) is 0 Å². The zero-order valence-electron chi connectivity index (χ0n) is 14.4. The maximum absolute atomic E-state index is 13.2. The molecule has 1 amide bonds. The van der Waals surface area contributed by atoms with Crippen molar-refractivity contribution in [2.45, 2.75) is 39.8 Å². The van der Waals surface area contributed by atoms with Crippen LogP contribution < -0.4 is 0 Å². The summed E-state index contributed by atoms with van der Waals surface area (Å²) in [5.41, 5.74) is 3.16. The first-order chi connectivity index (χ1) is 12.0. The van der Waals surface area contributed by atoms with Crippen molar-refractivity contribution in [1.29, 1.82) is 0 Å². The zero-order chi connectivity index (χ0) is 17.6. The molecule has 1 atom stereocenters. The van der Waals surface area contributed by atoms with Crippen LogP contribution in [0, 0.1) is 20.8 Å². The van der Waals surface area contributed by atoms with Gasteiger partial charge in [-0.1, -0.05) is 24.3 Å². The largest absolute Gasteiger partial charge is 0.456 e. The quantitative estimate of drug-likeness (QED) is 0.715. The molecule has 0 bridgehead atoms. The topological polar surface area (TPSA) is 72.4 Å². The number of aryl methyl sites for hydroxylation is 3. The molecule has 0 saturated carbocycles. The molecule has 0 saturated heterocycles. The third-order valence-corrected chi connectivity index (χ3v) is 4.57. The average Bonchev–Trinajstić information content (AvgIpc) is 3.18. The van der Waals surface area contributed by atoms with E-state index in [1.54, 1.807) is 11.8 Å². The Hall–Kier alpha value is -2.89. The fourth-order valence-corrected chi connectivity index (χ4v) is 3.39. The third kappa shape index (κ3) is 2.73. The maximum Gasteiger partial charge on any atom is 0.290 e. The molecule has 0 aliphatic carbocycles. The van der Waals surface area contributed by atoms with E-state index in [1.165, 1.54) is 5.56 Å². The minimum Gasteiger partial charge on any atom is -0.456 e. The van der Waals surface area contributed by atoms with E-state index in [0.717, 1.165) is 16.9 Å². The zero-order valence-corrected chi connectivity index (χ0v) is 14.4. The second-order valence-electron chi connectivity index (χ2n) is 6.45. The van der Waals surface area contributed by atoms with Gasteiger partial charge in [-0.25, -0.2) is 0 Å². The number of rotatable bonds is 2. The lowest BCUT2D eigenvalue weighted by atomic mass is 9.93. The highest BCUT2D eigenvalue weighted by Gasteiger charge is 2.36. The van der Waals surface area contributed by atoms with Gasteiger partial charge in [0.1, 0.15) is 11.8 Å². The van der Waals surface area contributed by atoms with Crippen LogP contribution in [0.4, 0.5) is 0 Å². The van der Waals surface area contributed by atoms with Gasteiger partial charge in [-0.15, -0.1) is 10.2 Å². The van der Waals surface area contributed by atoms with Crippen LogP contribution in [0.2, 0.25) is 0 Å². The van der Waals surface area contributed by atoms with Crippen LogP contribution in [0.25, 0.3) is 0 Å². The van der Waals surface area contributed by atoms with Crippen molar-refractivity contribution in [3.05, 3.63) is 70.3 Å². The number of carbonyl (C=O) groups is 1. The highest BCUT2D eigenvalue weighted by molar-refractivity contribution is 5.93. The molecule has 4 rings (SSSR count). The Labute approximate surface area is 145 Å². The molecule has 0 spiro atoms. The Kier molecular flexibility index (Phi) is 3.67. The molecular formula is C19H19N3O3. The van der Waals surface area contributed by atoms with Gasteiger partial charge in [-0.05, 0) is 31.0 Å². The smallest absolute Gasteiger partial charge is 0.290 e. The molecule has 3 heterocycles. The Morgan fingerprint density at radius 1 is 1.12 bits per heavy atom. The number of benzene rings is 1. The highest BCUT2D eigenvalue weighted by atomic mass is 16.4. The van der Waals surface area contributed by atoms with Crippen molar-refractivity contribution in [3.8, 4) is 0 Å². The molecule has 1 aromatic carbocycles. The molecule has 6 nitrogen and oxygen atoms in total. The van der Waals surface area contributed by atoms with Gasteiger partial charge in [-0.2, -0.15) is 0 Å². The van der Waals surface area contributed by atoms with Crippen molar-refractivity contribution < 1.29 is 13.6 Å². The molecule has 6 heteroatoms. The number of fused-ring (bicyclic) bond motifs is 1. The summed E-state index contributed by atoms with van der Waals surface area (Å²) in [5, 5.41) is 8.08. The van der Waals surface area contributed by atoms with Gasteiger partial charge in [0.2, 0.25) is 11.8 Å². The van der Waals surface area contributed by atoms with Gasteiger partial charge in [0, 0.05) is 25.5 Å². The van der Waals surface area contributed by atoms with Gasteiger partial charge in [0.15, 0.2) is 5.76 Å². The molecule has 0 N–H and O–H groups in total. The molecule has 1 aliphatic heterocycles.